The Kier molecular flexibility index (Phi) is 7.56. The van der Waals surface area contributed by atoms with Gasteiger partial charge in [0.15, 0.2) is 0 Å². The molecule has 1 saturated heterocycles. The molecule has 6 nitrogen and oxygen atoms in total. The summed E-state index contributed by atoms with van der Waals surface area (Å²) in [6.45, 7) is 2.61. The fourth-order valence-corrected chi connectivity index (χ4v) is 3.33. The second-order valence-electron chi connectivity index (χ2n) is 5.98. The number of carbonyl (C=O) groups is 3. The van der Waals surface area contributed by atoms with Gasteiger partial charge in [0, 0.05) is 24.0 Å². The molecule has 0 saturated carbocycles. The van der Waals surface area contributed by atoms with Crippen LogP contribution in [0.3, 0.4) is 0 Å². The van der Waals surface area contributed by atoms with E-state index in [1.165, 1.54) is 17.0 Å². The molecule has 1 fully saturated rings. The Hall–Kier alpha value is -1.96. The molecule has 1 N–H and O–H groups in total. The Labute approximate surface area is 160 Å². The van der Waals surface area contributed by atoms with Crippen molar-refractivity contribution in [2.45, 2.75) is 38.6 Å². The molecule has 26 heavy (non-hydrogen) atoms. The van der Waals surface area contributed by atoms with Crippen LogP contribution in [0.4, 0.5) is 4.39 Å². The summed E-state index contributed by atoms with van der Waals surface area (Å²) in [6, 6.07) is 3.27. The highest BCUT2D eigenvalue weighted by Crippen LogP contribution is 2.20. The van der Waals surface area contributed by atoms with Crippen molar-refractivity contribution in [2.75, 3.05) is 19.7 Å². The smallest absolute Gasteiger partial charge is 0.328 e. The van der Waals surface area contributed by atoms with E-state index in [2.05, 4.69) is 21.2 Å². The maximum Gasteiger partial charge on any atom is 0.328 e. The van der Waals surface area contributed by atoms with E-state index >= 15 is 0 Å². The van der Waals surface area contributed by atoms with Gasteiger partial charge in [-0.15, -0.1) is 0 Å². The lowest BCUT2D eigenvalue weighted by Crippen LogP contribution is -2.49. The normalized spacial score (nSPS) is 16.9. The van der Waals surface area contributed by atoms with Crippen molar-refractivity contribution in [3.8, 4) is 0 Å². The summed E-state index contributed by atoms with van der Waals surface area (Å²) >= 11 is 3.20. The van der Waals surface area contributed by atoms with Crippen molar-refractivity contribution >= 4 is 33.7 Å². The first-order chi connectivity index (χ1) is 12.4. The summed E-state index contributed by atoms with van der Waals surface area (Å²) in [4.78, 5) is 38.1. The molecule has 0 spiro atoms. The number of benzene rings is 1. The molecule has 0 radical (unpaired) electrons. The maximum atomic E-state index is 13.3. The third-order valence-corrected chi connectivity index (χ3v) is 4.87. The van der Waals surface area contributed by atoms with Crippen LogP contribution < -0.4 is 5.32 Å². The van der Waals surface area contributed by atoms with Gasteiger partial charge in [-0.05, 0) is 60.3 Å². The van der Waals surface area contributed by atoms with Gasteiger partial charge in [0.1, 0.15) is 11.9 Å². The van der Waals surface area contributed by atoms with E-state index in [1.807, 2.05) is 0 Å². The summed E-state index contributed by atoms with van der Waals surface area (Å²) in [5.41, 5.74) is 0.167. The average Bonchev–Trinajstić information content (AvgIpc) is 2.63. The first-order valence-electron chi connectivity index (χ1n) is 8.63. The zero-order valence-corrected chi connectivity index (χ0v) is 16.2. The lowest BCUT2D eigenvalue weighted by Gasteiger charge is -2.34. The van der Waals surface area contributed by atoms with Crippen molar-refractivity contribution in [1.29, 1.82) is 0 Å². The van der Waals surface area contributed by atoms with E-state index in [-0.39, 0.29) is 37.0 Å². The van der Waals surface area contributed by atoms with Crippen LogP contribution in [0.2, 0.25) is 0 Å². The monoisotopic (exact) mass is 428 g/mol. The maximum absolute atomic E-state index is 13.3. The average molecular weight is 429 g/mol. The number of hydrogen-bond acceptors (Lipinski definition) is 4. The molecule has 2 rings (SSSR count). The summed E-state index contributed by atoms with van der Waals surface area (Å²) in [5.74, 6) is -1.57. The van der Waals surface area contributed by atoms with E-state index < -0.39 is 17.8 Å². The predicted octanol–water partition coefficient (Wildman–Crippen LogP) is 2.65. The fraction of sp³-hybridized carbons (Fsp3) is 0.500. The van der Waals surface area contributed by atoms with Gasteiger partial charge in [-0.25, -0.2) is 9.18 Å². The zero-order chi connectivity index (χ0) is 19.1. The van der Waals surface area contributed by atoms with Gasteiger partial charge >= 0.3 is 5.97 Å². The third kappa shape index (κ3) is 5.27. The molecule has 0 aliphatic carbocycles. The highest BCUT2D eigenvalue weighted by Gasteiger charge is 2.32. The van der Waals surface area contributed by atoms with Crippen molar-refractivity contribution in [1.82, 2.24) is 10.2 Å². The second-order valence-corrected chi connectivity index (χ2v) is 6.84. The largest absolute Gasteiger partial charge is 0.464 e. The predicted molar refractivity (Wildman–Crippen MR) is 97.0 cm³/mol. The van der Waals surface area contributed by atoms with Crippen LogP contribution in [0.15, 0.2) is 22.7 Å². The van der Waals surface area contributed by atoms with E-state index in [0.717, 1.165) is 18.9 Å². The Balaban J connectivity index is 1.89. The molecule has 1 atom stereocenters. The number of ether oxygens (including phenoxy) is 1. The Morgan fingerprint density at radius 3 is 2.85 bits per heavy atom. The molecule has 1 unspecified atom stereocenters. The van der Waals surface area contributed by atoms with Gasteiger partial charge in [-0.1, -0.05) is 0 Å². The summed E-state index contributed by atoms with van der Waals surface area (Å²) in [7, 11) is 0. The zero-order valence-electron chi connectivity index (χ0n) is 14.6. The van der Waals surface area contributed by atoms with Crippen molar-refractivity contribution in [3.05, 3.63) is 34.1 Å². The number of esters is 1. The molecule has 8 heteroatoms. The van der Waals surface area contributed by atoms with Gasteiger partial charge < -0.3 is 15.0 Å². The number of piperidine rings is 1. The summed E-state index contributed by atoms with van der Waals surface area (Å²) in [5, 5.41) is 2.61. The van der Waals surface area contributed by atoms with Crippen LogP contribution in [0.5, 0.6) is 0 Å². The topological polar surface area (TPSA) is 75.7 Å². The number of halogens is 2. The number of likely N-dealkylation sites (tertiary alicyclic amines) is 1. The molecule has 1 aliphatic heterocycles. The second kappa shape index (κ2) is 9.66. The minimum absolute atomic E-state index is 0.0641. The first-order valence-corrected chi connectivity index (χ1v) is 9.42. The number of nitrogens with one attached hydrogen (secondary N) is 1. The van der Waals surface area contributed by atoms with Crippen LogP contribution in [0.25, 0.3) is 0 Å². The first kappa shape index (κ1) is 20.4. The van der Waals surface area contributed by atoms with Crippen LogP contribution >= 0.6 is 15.9 Å². The molecule has 1 aromatic rings. The molecule has 1 aliphatic rings. The summed E-state index contributed by atoms with van der Waals surface area (Å²) < 4.78 is 18.8. The molecule has 142 valence electrons. The minimum atomic E-state index is -0.552. The lowest BCUT2D eigenvalue weighted by atomic mass is 10.0. The highest BCUT2D eigenvalue weighted by atomic mass is 79.9. The van der Waals surface area contributed by atoms with Gasteiger partial charge in [0.25, 0.3) is 5.91 Å². The number of hydrogen-bond donors (Lipinski definition) is 1. The van der Waals surface area contributed by atoms with Crippen LogP contribution in [-0.4, -0.2) is 48.4 Å². The third-order valence-electron chi connectivity index (χ3n) is 4.18. The van der Waals surface area contributed by atoms with Crippen molar-refractivity contribution < 1.29 is 23.5 Å². The Morgan fingerprint density at radius 2 is 2.12 bits per heavy atom. The molecular weight excluding hydrogens is 407 g/mol. The molecule has 1 heterocycles. The van der Waals surface area contributed by atoms with Crippen molar-refractivity contribution in [2.24, 2.45) is 0 Å². The summed E-state index contributed by atoms with van der Waals surface area (Å²) in [6.07, 6.45) is 2.36. The van der Waals surface area contributed by atoms with E-state index in [4.69, 9.17) is 4.74 Å². The van der Waals surface area contributed by atoms with Crippen LogP contribution in [0, 0.1) is 5.82 Å². The minimum Gasteiger partial charge on any atom is -0.464 e. The number of nitrogens with zero attached hydrogens (tertiary/aromatic N) is 1. The van der Waals surface area contributed by atoms with E-state index in [0.29, 0.717) is 17.4 Å². The fourth-order valence-electron chi connectivity index (χ4n) is 2.91. The van der Waals surface area contributed by atoms with Gasteiger partial charge in [-0.2, -0.15) is 0 Å². The Morgan fingerprint density at radius 1 is 1.35 bits per heavy atom. The molecule has 0 bridgehead atoms. The SMILES string of the molecule is CCOC(=O)C1CCCCN1C(=O)CCNC(=O)c1cc(F)ccc1Br. The number of carbonyl (C=O) groups excluding carboxylic acids is 3. The Bertz CT molecular complexity index is 683. The molecule has 2 amide bonds. The molecule has 1 aromatic carbocycles. The quantitative estimate of drug-likeness (QED) is 0.706. The lowest BCUT2D eigenvalue weighted by molar-refractivity contribution is -0.156. The van der Waals surface area contributed by atoms with Crippen LogP contribution in [0.1, 0.15) is 43.0 Å². The standard InChI is InChI=1S/C18H22BrFN2O4/c1-2-26-18(25)15-5-3-4-10-22(15)16(23)8-9-21-17(24)13-11-12(20)6-7-14(13)19/h6-7,11,15H,2-5,8-10H2,1H3,(H,21,24). The molecular formula is C18H22BrFN2O4. The van der Waals surface area contributed by atoms with Gasteiger partial charge in [-0.3, -0.25) is 9.59 Å². The van der Waals surface area contributed by atoms with Crippen LogP contribution in [-0.2, 0) is 14.3 Å². The number of rotatable bonds is 6. The van der Waals surface area contributed by atoms with Gasteiger partial charge in [0.05, 0.1) is 12.2 Å². The van der Waals surface area contributed by atoms with Crippen molar-refractivity contribution in [3.63, 3.8) is 0 Å². The number of amides is 2. The van der Waals surface area contributed by atoms with Gasteiger partial charge in [0.2, 0.25) is 5.91 Å². The van der Waals surface area contributed by atoms with E-state index in [1.54, 1.807) is 6.92 Å². The highest BCUT2D eigenvalue weighted by molar-refractivity contribution is 9.10. The molecule has 0 aromatic heterocycles. The van der Waals surface area contributed by atoms with E-state index in [9.17, 15) is 18.8 Å².